The van der Waals surface area contributed by atoms with Gasteiger partial charge in [0.25, 0.3) is 0 Å². The van der Waals surface area contributed by atoms with Crippen LogP contribution >= 0.6 is 0 Å². The molecule has 2 aromatic carbocycles. The second-order valence-corrected chi connectivity index (χ2v) is 5.23. The molecule has 25 heavy (non-hydrogen) atoms. The topological polar surface area (TPSA) is 88.7 Å². The third kappa shape index (κ3) is 5.42. The van der Waals surface area contributed by atoms with Crippen LogP contribution in [0.15, 0.2) is 42.5 Å². The molecule has 0 fully saturated rings. The summed E-state index contributed by atoms with van der Waals surface area (Å²) in [5.41, 5.74) is 2.03. The molecule has 0 aliphatic rings. The Labute approximate surface area is 146 Å². The van der Waals surface area contributed by atoms with Gasteiger partial charge in [0.1, 0.15) is 11.5 Å². The van der Waals surface area contributed by atoms with Crippen molar-refractivity contribution in [2.45, 2.75) is 6.92 Å². The number of carbonyl (C=O) groups excluding carboxylic acids is 2. The predicted molar refractivity (Wildman–Crippen MR) is 97.4 cm³/mol. The standard InChI is InChI=1S/C18H21N3O4/c1-12(22)20-14-6-4-13(5-7-14)19-11-18(23)21-16-9-8-15(24-2)10-17(16)25-3/h4-10,19H,11H2,1-3H3,(H,20,22)(H,21,23). The Balaban J connectivity index is 1.91. The van der Waals surface area contributed by atoms with Crippen molar-refractivity contribution in [2.24, 2.45) is 0 Å². The number of carbonyl (C=O) groups is 2. The summed E-state index contributed by atoms with van der Waals surface area (Å²) in [5, 5.41) is 8.48. The molecule has 0 saturated carbocycles. The number of benzene rings is 2. The normalized spacial score (nSPS) is 9.88. The first kappa shape index (κ1) is 18.1. The lowest BCUT2D eigenvalue weighted by Gasteiger charge is -2.12. The maximum Gasteiger partial charge on any atom is 0.243 e. The molecule has 0 unspecified atom stereocenters. The minimum atomic E-state index is -0.214. The Hall–Kier alpha value is -3.22. The molecule has 7 nitrogen and oxygen atoms in total. The van der Waals surface area contributed by atoms with Crippen molar-refractivity contribution in [3.63, 3.8) is 0 Å². The molecule has 0 spiro atoms. The van der Waals surface area contributed by atoms with Gasteiger partial charge in [-0.2, -0.15) is 0 Å². The molecule has 0 saturated heterocycles. The first-order chi connectivity index (χ1) is 12.0. The minimum absolute atomic E-state index is 0.0919. The molecule has 0 heterocycles. The molecular weight excluding hydrogens is 322 g/mol. The van der Waals surface area contributed by atoms with E-state index in [9.17, 15) is 9.59 Å². The molecule has 3 N–H and O–H groups in total. The zero-order valence-electron chi connectivity index (χ0n) is 14.4. The van der Waals surface area contributed by atoms with Crippen molar-refractivity contribution in [1.29, 1.82) is 0 Å². The summed E-state index contributed by atoms with van der Waals surface area (Å²) >= 11 is 0. The van der Waals surface area contributed by atoms with Crippen molar-refractivity contribution in [3.05, 3.63) is 42.5 Å². The fourth-order valence-electron chi connectivity index (χ4n) is 2.15. The van der Waals surface area contributed by atoms with Crippen LogP contribution in [-0.2, 0) is 9.59 Å². The first-order valence-corrected chi connectivity index (χ1v) is 7.65. The Kier molecular flexibility index (Phi) is 6.22. The molecule has 0 radical (unpaired) electrons. The number of ether oxygens (including phenoxy) is 2. The van der Waals surface area contributed by atoms with Crippen LogP contribution in [0, 0.1) is 0 Å². The highest BCUT2D eigenvalue weighted by Crippen LogP contribution is 2.28. The fraction of sp³-hybridized carbons (Fsp3) is 0.222. The van der Waals surface area contributed by atoms with Crippen molar-refractivity contribution < 1.29 is 19.1 Å². The van der Waals surface area contributed by atoms with E-state index in [2.05, 4.69) is 16.0 Å². The van der Waals surface area contributed by atoms with E-state index in [1.54, 1.807) is 49.6 Å². The Morgan fingerprint density at radius 1 is 0.920 bits per heavy atom. The van der Waals surface area contributed by atoms with E-state index in [1.165, 1.54) is 14.0 Å². The van der Waals surface area contributed by atoms with E-state index < -0.39 is 0 Å². The summed E-state index contributed by atoms with van der Waals surface area (Å²) < 4.78 is 10.4. The second kappa shape index (κ2) is 8.58. The van der Waals surface area contributed by atoms with Gasteiger partial charge in [-0.1, -0.05) is 0 Å². The zero-order chi connectivity index (χ0) is 18.2. The average Bonchev–Trinajstić information content (AvgIpc) is 2.61. The number of anilines is 3. The monoisotopic (exact) mass is 343 g/mol. The summed E-state index contributed by atoms with van der Waals surface area (Å²) in [7, 11) is 3.09. The van der Waals surface area contributed by atoms with Gasteiger partial charge in [-0.25, -0.2) is 0 Å². The van der Waals surface area contributed by atoms with E-state index >= 15 is 0 Å². The average molecular weight is 343 g/mol. The summed E-state index contributed by atoms with van der Waals surface area (Å²) in [5.74, 6) is 0.822. The third-order valence-corrected chi connectivity index (χ3v) is 3.34. The maximum absolute atomic E-state index is 12.1. The molecule has 2 amide bonds. The molecule has 0 aliphatic carbocycles. The Bertz CT molecular complexity index is 744. The second-order valence-electron chi connectivity index (χ2n) is 5.23. The Morgan fingerprint density at radius 3 is 2.20 bits per heavy atom. The lowest BCUT2D eigenvalue weighted by Crippen LogP contribution is -2.22. The largest absolute Gasteiger partial charge is 0.497 e. The third-order valence-electron chi connectivity index (χ3n) is 3.34. The van der Waals surface area contributed by atoms with Gasteiger partial charge in [-0.15, -0.1) is 0 Å². The lowest BCUT2D eigenvalue weighted by atomic mass is 10.2. The molecule has 0 bridgehead atoms. The summed E-state index contributed by atoms with van der Waals surface area (Å²) in [4.78, 5) is 23.1. The number of rotatable bonds is 7. The smallest absolute Gasteiger partial charge is 0.243 e. The van der Waals surface area contributed by atoms with E-state index in [-0.39, 0.29) is 18.4 Å². The molecule has 2 aromatic rings. The van der Waals surface area contributed by atoms with E-state index in [4.69, 9.17) is 9.47 Å². The summed E-state index contributed by atoms with van der Waals surface area (Å²) in [6.45, 7) is 1.54. The number of hydrogen-bond donors (Lipinski definition) is 3. The quantitative estimate of drug-likeness (QED) is 0.719. The van der Waals surface area contributed by atoms with E-state index in [0.29, 0.717) is 22.9 Å². The van der Waals surface area contributed by atoms with Crippen LogP contribution in [0.1, 0.15) is 6.92 Å². The number of nitrogens with one attached hydrogen (secondary N) is 3. The highest BCUT2D eigenvalue weighted by molar-refractivity contribution is 5.95. The van der Waals surface area contributed by atoms with Gasteiger partial charge in [-0.05, 0) is 36.4 Å². The summed E-state index contributed by atoms with van der Waals surface area (Å²) in [6.07, 6.45) is 0. The zero-order valence-corrected chi connectivity index (χ0v) is 14.4. The lowest BCUT2D eigenvalue weighted by molar-refractivity contribution is -0.115. The highest BCUT2D eigenvalue weighted by Gasteiger charge is 2.09. The summed E-state index contributed by atoms with van der Waals surface area (Å²) in [6, 6.07) is 12.2. The van der Waals surface area contributed by atoms with Crippen molar-refractivity contribution >= 4 is 28.9 Å². The SMILES string of the molecule is COc1ccc(NC(=O)CNc2ccc(NC(C)=O)cc2)c(OC)c1. The maximum atomic E-state index is 12.1. The Morgan fingerprint density at radius 2 is 1.60 bits per heavy atom. The first-order valence-electron chi connectivity index (χ1n) is 7.65. The molecule has 0 aromatic heterocycles. The number of methoxy groups -OCH3 is 2. The van der Waals surface area contributed by atoms with Gasteiger partial charge in [0.2, 0.25) is 11.8 Å². The van der Waals surface area contributed by atoms with E-state index in [0.717, 1.165) is 5.69 Å². The van der Waals surface area contributed by atoms with Crippen LogP contribution in [0.3, 0.4) is 0 Å². The predicted octanol–water partition coefficient (Wildman–Crippen LogP) is 2.71. The van der Waals surface area contributed by atoms with Gasteiger partial charge in [-0.3, -0.25) is 9.59 Å². The molecule has 0 aliphatic heterocycles. The molecule has 2 rings (SSSR count). The van der Waals surface area contributed by atoms with Crippen LogP contribution < -0.4 is 25.4 Å². The van der Waals surface area contributed by atoms with Crippen LogP contribution in [0.5, 0.6) is 11.5 Å². The molecule has 132 valence electrons. The van der Waals surface area contributed by atoms with Crippen LogP contribution in [0.2, 0.25) is 0 Å². The van der Waals surface area contributed by atoms with Crippen LogP contribution in [-0.4, -0.2) is 32.6 Å². The van der Waals surface area contributed by atoms with Crippen molar-refractivity contribution in [2.75, 3.05) is 36.7 Å². The van der Waals surface area contributed by atoms with Crippen molar-refractivity contribution in [3.8, 4) is 11.5 Å². The minimum Gasteiger partial charge on any atom is -0.497 e. The molecular formula is C18H21N3O4. The highest BCUT2D eigenvalue weighted by atomic mass is 16.5. The molecule has 0 atom stereocenters. The van der Waals surface area contributed by atoms with Crippen molar-refractivity contribution in [1.82, 2.24) is 0 Å². The fourth-order valence-corrected chi connectivity index (χ4v) is 2.15. The van der Waals surface area contributed by atoms with Gasteiger partial charge in [0, 0.05) is 24.4 Å². The number of hydrogen-bond acceptors (Lipinski definition) is 5. The van der Waals surface area contributed by atoms with Crippen LogP contribution in [0.25, 0.3) is 0 Å². The van der Waals surface area contributed by atoms with Gasteiger partial charge < -0.3 is 25.4 Å². The van der Waals surface area contributed by atoms with E-state index in [1.807, 2.05) is 0 Å². The van der Waals surface area contributed by atoms with Gasteiger partial charge in [0.05, 0.1) is 26.5 Å². The van der Waals surface area contributed by atoms with Gasteiger partial charge in [0.15, 0.2) is 0 Å². The van der Waals surface area contributed by atoms with Gasteiger partial charge >= 0.3 is 0 Å². The number of amides is 2. The van der Waals surface area contributed by atoms with Crippen LogP contribution in [0.4, 0.5) is 17.1 Å². The molecule has 7 heteroatoms.